The van der Waals surface area contributed by atoms with Gasteiger partial charge in [-0.2, -0.15) is 0 Å². The normalized spacial score (nSPS) is 18.0. The first-order chi connectivity index (χ1) is 10.4. The summed E-state index contributed by atoms with van der Waals surface area (Å²) in [6.45, 7) is 4.57. The highest BCUT2D eigenvalue weighted by Gasteiger charge is 2.26. The predicted molar refractivity (Wildman–Crippen MR) is 86.1 cm³/mol. The lowest BCUT2D eigenvalue weighted by atomic mass is 10.2. The number of rotatable bonds is 2. The molecule has 0 bridgehead atoms. The summed E-state index contributed by atoms with van der Waals surface area (Å²) in [5.74, 6) is 1.23. The Morgan fingerprint density at radius 2 is 2.27 bits per heavy atom. The van der Waals surface area contributed by atoms with Gasteiger partial charge in [0.25, 0.3) is 5.56 Å². The highest BCUT2D eigenvalue weighted by Crippen LogP contribution is 2.30. The second kappa shape index (κ2) is 5.72. The fraction of sp³-hybridized carbons (Fsp3) is 0.400. The average molecular weight is 366 g/mol. The molecule has 1 atom stereocenters. The van der Waals surface area contributed by atoms with E-state index in [0.29, 0.717) is 35.6 Å². The Balaban J connectivity index is 1.90. The number of hydrogen-bond donors (Lipinski definition) is 1. The van der Waals surface area contributed by atoms with Crippen molar-refractivity contribution >= 4 is 32.7 Å². The van der Waals surface area contributed by atoms with Gasteiger partial charge in [-0.15, -0.1) is 0 Å². The monoisotopic (exact) mass is 365 g/mol. The van der Waals surface area contributed by atoms with Crippen LogP contribution in [0, 0.1) is 6.92 Å². The Morgan fingerprint density at radius 3 is 2.95 bits per heavy atom. The van der Waals surface area contributed by atoms with E-state index >= 15 is 0 Å². The number of hydrogen-bond acceptors (Lipinski definition) is 4. The van der Waals surface area contributed by atoms with Gasteiger partial charge >= 0.3 is 0 Å². The minimum Gasteiger partial charge on any atom is -0.487 e. The largest absolute Gasteiger partial charge is 0.487 e. The van der Waals surface area contributed by atoms with Crippen molar-refractivity contribution in [2.75, 3.05) is 13.1 Å². The SMILES string of the molecule is CC(=O)N1CCC(Oc2cc3c(=O)[nH]c(C)nc3cc2Br)C1. The summed E-state index contributed by atoms with van der Waals surface area (Å²) in [6.07, 6.45) is 0.724. The molecule has 0 saturated carbocycles. The van der Waals surface area contributed by atoms with Crippen LogP contribution >= 0.6 is 15.9 Å². The topological polar surface area (TPSA) is 75.3 Å². The molecule has 22 heavy (non-hydrogen) atoms. The number of ether oxygens (including phenoxy) is 1. The number of amides is 1. The lowest BCUT2D eigenvalue weighted by Crippen LogP contribution is -2.28. The molecule has 3 rings (SSSR count). The summed E-state index contributed by atoms with van der Waals surface area (Å²) in [5, 5.41) is 0.491. The summed E-state index contributed by atoms with van der Waals surface area (Å²) in [4.78, 5) is 32.1. The van der Waals surface area contributed by atoms with Crippen LogP contribution in [0.2, 0.25) is 0 Å². The number of halogens is 1. The third kappa shape index (κ3) is 2.85. The van der Waals surface area contributed by atoms with Crippen molar-refractivity contribution < 1.29 is 9.53 Å². The van der Waals surface area contributed by atoms with Crippen LogP contribution in [0.25, 0.3) is 10.9 Å². The number of aryl methyl sites for hydroxylation is 1. The Kier molecular flexibility index (Phi) is 3.90. The van der Waals surface area contributed by atoms with Crippen molar-refractivity contribution in [3.05, 3.63) is 32.8 Å². The van der Waals surface area contributed by atoms with Crippen LogP contribution in [0.15, 0.2) is 21.4 Å². The number of nitrogens with one attached hydrogen (secondary N) is 1. The fourth-order valence-electron chi connectivity index (χ4n) is 2.64. The molecule has 1 saturated heterocycles. The molecule has 0 radical (unpaired) electrons. The van der Waals surface area contributed by atoms with Crippen LogP contribution in [0.3, 0.4) is 0 Å². The zero-order valence-electron chi connectivity index (χ0n) is 12.4. The maximum atomic E-state index is 12.0. The molecule has 1 aromatic heterocycles. The molecule has 1 aliphatic heterocycles. The van der Waals surface area contributed by atoms with Gasteiger partial charge < -0.3 is 14.6 Å². The highest BCUT2D eigenvalue weighted by atomic mass is 79.9. The Bertz CT molecular complexity index is 802. The number of fused-ring (bicyclic) bond motifs is 1. The van der Waals surface area contributed by atoms with Gasteiger partial charge in [-0.3, -0.25) is 9.59 Å². The number of carbonyl (C=O) groups excluding carboxylic acids is 1. The molecule has 1 aromatic carbocycles. The molecule has 1 unspecified atom stereocenters. The molecule has 2 aromatic rings. The van der Waals surface area contributed by atoms with E-state index in [-0.39, 0.29) is 17.6 Å². The minimum absolute atomic E-state index is 0.0554. The summed E-state index contributed by atoms with van der Waals surface area (Å²) < 4.78 is 6.71. The fourth-order valence-corrected chi connectivity index (χ4v) is 3.06. The third-order valence-corrected chi connectivity index (χ3v) is 4.38. The van der Waals surface area contributed by atoms with Gasteiger partial charge in [0.1, 0.15) is 17.7 Å². The first-order valence-corrected chi connectivity index (χ1v) is 7.85. The smallest absolute Gasteiger partial charge is 0.258 e. The molecule has 1 amide bonds. The zero-order chi connectivity index (χ0) is 15.9. The predicted octanol–water partition coefficient (Wildman–Crippen LogP) is 1.99. The maximum absolute atomic E-state index is 12.0. The van der Waals surface area contributed by atoms with E-state index in [1.807, 2.05) is 0 Å². The molecular formula is C15H16BrN3O3. The number of carbonyl (C=O) groups is 1. The Morgan fingerprint density at radius 1 is 1.50 bits per heavy atom. The molecule has 1 aliphatic rings. The van der Waals surface area contributed by atoms with Crippen molar-refractivity contribution in [3.8, 4) is 5.75 Å². The second-order valence-corrected chi connectivity index (χ2v) is 6.30. The van der Waals surface area contributed by atoms with Gasteiger partial charge in [-0.1, -0.05) is 0 Å². The summed E-state index contributed by atoms with van der Waals surface area (Å²) >= 11 is 3.46. The van der Waals surface area contributed by atoms with E-state index in [4.69, 9.17) is 4.74 Å². The van der Waals surface area contributed by atoms with Crippen LogP contribution < -0.4 is 10.3 Å². The summed E-state index contributed by atoms with van der Waals surface area (Å²) in [6, 6.07) is 3.48. The van der Waals surface area contributed by atoms with Crippen molar-refractivity contribution in [1.82, 2.24) is 14.9 Å². The number of aromatic nitrogens is 2. The first kappa shape index (κ1) is 15.0. The van der Waals surface area contributed by atoms with Crippen LogP contribution in [-0.2, 0) is 4.79 Å². The van der Waals surface area contributed by atoms with Crippen molar-refractivity contribution in [2.24, 2.45) is 0 Å². The molecule has 1 N–H and O–H groups in total. The summed E-state index contributed by atoms with van der Waals surface area (Å²) in [5.41, 5.74) is 0.439. The van der Waals surface area contributed by atoms with E-state index in [2.05, 4.69) is 25.9 Å². The number of nitrogens with zero attached hydrogens (tertiary/aromatic N) is 2. The van der Waals surface area contributed by atoms with Crippen LogP contribution in [0.5, 0.6) is 5.75 Å². The zero-order valence-corrected chi connectivity index (χ0v) is 13.9. The second-order valence-electron chi connectivity index (χ2n) is 5.44. The van der Waals surface area contributed by atoms with Gasteiger partial charge in [0.2, 0.25) is 5.91 Å². The third-order valence-electron chi connectivity index (χ3n) is 3.76. The van der Waals surface area contributed by atoms with Gasteiger partial charge in [0, 0.05) is 19.9 Å². The van der Waals surface area contributed by atoms with Gasteiger partial charge in [0.15, 0.2) is 0 Å². The van der Waals surface area contributed by atoms with Crippen LogP contribution in [0.1, 0.15) is 19.2 Å². The molecule has 116 valence electrons. The standard InChI is InChI=1S/C15H16BrN3O3/c1-8-17-13-6-12(16)14(5-11(13)15(21)18-8)22-10-3-4-19(7-10)9(2)20/h5-6,10H,3-4,7H2,1-2H3,(H,17,18,21). The van der Waals surface area contributed by atoms with E-state index in [1.165, 1.54) is 0 Å². The van der Waals surface area contributed by atoms with E-state index in [1.54, 1.807) is 30.9 Å². The first-order valence-electron chi connectivity index (χ1n) is 7.06. The lowest BCUT2D eigenvalue weighted by molar-refractivity contribution is -0.128. The average Bonchev–Trinajstić information content (AvgIpc) is 2.89. The van der Waals surface area contributed by atoms with Crippen LogP contribution in [-0.4, -0.2) is 40.0 Å². The molecule has 2 heterocycles. The molecule has 0 aliphatic carbocycles. The molecule has 1 fully saturated rings. The van der Waals surface area contributed by atoms with Gasteiger partial charge in [-0.25, -0.2) is 4.98 Å². The van der Waals surface area contributed by atoms with E-state index in [0.717, 1.165) is 10.9 Å². The number of likely N-dealkylation sites (tertiary alicyclic amines) is 1. The molecular weight excluding hydrogens is 350 g/mol. The lowest BCUT2D eigenvalue weighted by Gasteiger charge is -2.16. The number of benzene rings is 1. The van der Waals surface area contributed by atoms with Gasteiger partial charge in [-0.05, 0) is 35.0 Å². The number of H-pyrrole nitrogens is 1. The van der Waals surface area contributed by atoms with Crippen LogP contribution in [0.4, 0.5) is 0 Å². The van der Waals surface area contributed by atoms with Crippen molar-refractivity contribution in [3.63, 3.8) is 0 Å². The Labute approximate surface area is 135 Å². The molecule has 6 nitrogen and oxygen atoms in total. The molecule has 0 spiro atoms. The van der Waals surface area contributed by atoms with E-state index < -0.39 is 0 Å². The van der Waals surface area contributed by atoms with Crippen molar-refractivity contribution in [2.45, 2.75) is 26.4 Å². The van der Waals surface area contributed by atoms with Gasteiger partial charge in [0.05, 0.1) is 21.9 Å². The quantitative estimate of drug-likeness (QED) is 0.882. The Hall–Kier alpha value is -1.89. The minimum atomic E-state index is -0.184. The number of aromatic amines is 1. The van der Waals surface area contributed by atoms with E-state index in [9.17, 15) is 9.59 Å². The molecule has 7 heteroatoms. The highest BCUT2D eigenvalue weighted by molar-refractivity contribution is 9.10. The maximum Gasteiger partial charge on any atom is 0.258 e. The summed E-state index contributed by atoms with van der Waals surface area (Å²) in [7, 11) is 0. The van der Waals surface area contributed by atoms with Crippen molar-refractivity contribution in [1.29, 1.82) is 0 Å².